The first kappa shape index (κ1) is 12.4. The number of nitrogens with zero attached hydrogens (tertiary/aromatic N) is 3. The standard InChI is InChI=1S/C11H13ClN4S/c1-3-9(13-2)11-16-15-10(17-11)7-4-5-14-6-8(7)12/h4-6,9,13H,3H2,1-2H3. The summed E-state index contributed by atoms with van der Waals surface area (Å²) in [5, 5.41) is 14.0. The van der Waals surface area contributed by atoms with Crippen molar-refractivity contribution >= 4 is 22.9 Å². The van der Waals surface area contributed by atoms with Gasteiger partial charge in [0.05, 0.1) is 11.1 Å². The SMILES string of the molecule is CCC(NC)c1nnc(-c2ccncc2Cl)s1. The Hall–Kier alpha value is -1.04. The highest BCUT2D eigenvalue weighted by Gasteiger charge is 2.15. The molecule has 2 aromatic rings. The molecule has 0 saturated heterocycles. The van der Waals surface area contributed by atoms with Crippen LogP contribution in [0.2, 0.25) is 5.02 Å². The summed E-state index contributed by atoms with van der Waals surface area (Å²) in [5.74, 6) is 0. The van der Waals surface area contributed by atoms with Gasteiger partial charge in [0.25, 0.3) is 0 Å². The molecule has 0 saturated carbocycles. The fraction of sp³-hybridized carbons (Fsp3) is 0.364. The van der Waals surface area contributed by atoms with Crippen LogP contribution in [-0.4, -0.2) is 22.2 Å². The molecule has 2 rings (SSSR count). The van der Waals surface area contributed by atoms with Crippen LogP contribution < -0.4 is 5.32 Å². The molecule has 1 atom stereocenters. The van der Waals surface area contributed by atoms with Crippen molar-refractivity contribution in [3.05, 3.63) is 28.5 Å². The maximum absolute atomic E-state index is 6.08. The van der Waals surface area contributed by atoms with Gasteiger partial charge < -0.3 is 5.32 Å². The summed E-state index contributed by atoms with van der Waals surface area (Å²) in [5.41, 5.74) is 0.886. The van der Waals surface area contributed by atoms with Crippen molar-refractivity contribution in [1.82, 2.24) is 20.5 Å². The van der Waals surface area contributed by atoms with E-state index in [4.69, 9.17) is 11.6 Å². The fourth-order valence-electron chi connectivity index (χ4n) is 1.54. The topological polar surface area (TPSA) is 50.7 Å². The van der Waals surface area contributed by atoms with E-state index in [-0.39, 0.29) is 6.04 Å². The van der Waals surface area contributed by atoms with Crippen LogP contribution in [0.4, 0.5) is 0 Å². The first-order chi connectivity index (χ1) is 8.26. The van der Waals surface area contributed by atoms with E-state index in [0.29, 0.717) is 5.02 Å². The number of hydrogen-bond acceptors (Lipinski definition) is 5. The minimum absolute atomic E-state index is 0.252. The molecule has 0 bridgehead atoms. The molecule has 0 spiro atoms. The Balaban J connectivity index is 2.33. The summed E-state index contributed by atoms with van der Waals surface area (Å²) < 4.78 is 0. The molecule has 0 aliphatic carbocycles. The summed E-state index contributed by atoms with van der Waals surface area (Å²) in [6.07, 6.45) is 4.31. The Bertz CT molecular complexity index is 496. The highest BCUT2D eigenvalue weighted by Crippen LogP contribution is 2.31. The molecule has 1 N–H and O–H groups in total. The molecule has 1 unspecified atom stereocenters. The van der Waals surface area contributed by atoms with Crippen LogP contribution in [0.1, 0.15) is 24.4 Å². The molecule has 4 nitrogen and oxygen atoms in total. The Kier molecular flexibility index (Phi) is 4.04. The molecule has 6 heteroatoms. The van der Waals surface area contributed by atoms with Gasteiger partial charge in [-0.1, -0.05) is 29.9 Å². The Morgan fingerprint density at radius 3 is 2.94 bits per heavy atom. The summed E-state index contributed by atoms with van der Waals surface area (Å²) >= 11 is 7.64. The quantitative estimate of drug-likeness (QED) is 0.926. The van der Waals surface area contributed by atoms with Gasteiger partial charge in [-0.3, -0.25) is 4.98 Å². The fourth-order valence-corrected chi connectivity index (χ4v) is 2.88. The molecule has 2 aromatic heterocycles. The van der Waals surface area contributed by atoms with E-state index in [9.17, 15) is 0 Å². The van der Waals surface area contributed by atoms with Crippen molar-refractivity contribution in [3.63, 3.8) is 0 Å². The monoisotopic (exact) mass is 268 g/mol. The third kappa shape index (κ3) is 2.62. The molecule has 17 heavy (non-hydrogen) atoms. The van der Waals surface area contributed by atoms with Crippen molar-refractivity contribution in [1.29, 1.82) is 0 Å². The van der Waals surface area contributed by atoms with Gasteiger partial charge in [0.2, 0.25) is 0 Å². The maximum atomic E-state index is 6.08. The average Bonchev–Trinajstić information content (AvgIpc) is 2.81. The van der Waals surface area contributed by atoms with Gasteiger partial charge in [-0.15, -0.1) is 10.2 Å². The van der Waals surface area contributed by atoms with Crippen molar-refractivity contribution < 1.29 is 0 Å². The number of pyridine rings is 1. The summed E-state index contributed by atoms with van der Waals surface area (Å²) in [4.78, 5) is 3.96. The molecular formula is C11H13ClN4S. The molecule has 0 aliphatic heterocycles. The zero-order valence-electron chi connectivity index (χ0n) is 9.64. The molecule has 0 amide bonds. The highest BCUT2D eigenvalue weighted by molar-refractivity contribution is 7.14. The molecule has 0 aliphatic rings. The van der Waals surface area contributed by atoms with Crippen LogP contribution >= 0.6 is 22.9 Å². The average molecular weight is 269 g/mol. The third-order valence-corrected chi connectivity index (χ3v) is 3.87. The normalized spacial score (nSPS) is 12.6. The van der Waals surface area contributed by atoms with Crippen LogP contribution in [0.25, 0.3) is 10.6 Å². The summed E-state index contributed by atoms with van der Waals surface area (Å²) in [7, 11) is 1.93. The number of rotatable bonds is 4. The molecule has 90 valence electrons. The van der Waals surface area contributed by atoms with E-state index in [0.717, 1.165) is 22.0 Å². The smallest absolute Gasteiger partial charge is 0.149 e. The Labute approximate surface area is 109 Å². The zero-order chi connectivity index (χ0) is 12.3. The van der Waals surface area contributed by atoms with Crippen LogP contribution in [0, 0.1) is 0 Å². The van der Waals surface area contributed by atoms with Crippen LogP contribution in [0.5, 0.6) is 0 Å². The third-order valence-electron chi connectivity index (χ3n) is 2.50. The van der Waals surface area contributed by atoms with Crippen LogP contribution in [0.3, 0.4) is 0 Å². The lowest BCUT2D eigenvalue weighted by Crippen LogP contribution is -2.14. The van der Waals surface area contributed by atoms with E-state index >= 15 is 0 Å². The van der Waals surface area contributed by atoms with Crippen molar-refractivity contribution in [2.45, 2.75) is 19.4 Å². The minimum atomic E-state index is 0.252. The second-order valence-electron chi connectivity index (χ2n) is 3.55. The van der Waals surface area contributed by atoms with Crippen molar-refractivity contribution in [3.8, 4) is 10.6 Å². The van der Waals surface area contributed by atoms with E-state index in [1.165, 1.54) is 0 Å². The van der Waals surface area contributed by atoms with Gasteiger partial charge >= 0.3 is 0 Å². The van der Waals surface area contributed by atoms with Gasteiger partial charge in [0.15, 0.2) is 0 Å². The first-order valence-corrected chi connectivity index (χ1v) is 6.56. The zero-order valence-corrected chi connectivity index (χ0v) is 11.2. The highest BCUT2D eigenvalue weighted by atomic mass is 35.5. The van der Waals surface area contributed by atoms with E-state index in [1.54, 1.807) is 23.7 Å². The molecule has 0 fully saturated rings. The lowest BCUT2D eigenvalue weighted by molar-refractivity contribution is 0.568. The first-order valence-electron chi connectivity index (χ1n) is 5.36. The Morgan fingerprint density at radius 1 is 1.47 bits per heavy atom. The lowest BCUT2D eigenvalue weighted by atomic mass is 10.2. The van der Waals surface area contributed by atoms with Gasteiger partial charge in [-0.2, -0.15) is 0 Å². The predicted octanol–water partition coefficient (Wildman–Crippen LogP) is 2.92. The predicted molar refractivity (Wildman–Crippen MR) is 70.2 cm³/mol. The molecular weight excluding hydrogens is 256 g/mol. The van der Waals surface area contributed by atoms with Crippen molar-refractivity contribution in [2.24, 2.45) is 0 Å². The van der Waals surface area contributed by atoms with Gasteiger partial charge in [-0.05, 0) is 19.5 Å². The second-order valence-corrected chi connectivity index (χ2v) is 4.97. The van der Waals surface area contributed by atoms with Gasteiger partial charge in [0.1, 0.15) is 10.0 Å². The summed E-state index contributed by atoms with van der Waals surface area (Å²) in [6, 6.07) is 2.11. The van der Waals surface area contributed by atoms with Gasteiger partial charge in [-0.25, -0.2) is 0 Å². The number of hydrogen-bond donors (Lipinski definition) is 1. The molecule has 0 aromatic carbocycles. The Morgan fingerprint density at radius 2 is 2.29 bits per heavy atom. The second kappa shape index (κ2) is 5.53. The van der Waals surface area contributed by atoms with Crippen molar-refractivity contribution in [2.75, 3.05) is 7.05 Å². The van der Waals surface area contributed by atoms with Gasteiger partial charge in [0, 0.05) is 18.0 Å². The van der Waals surface area contributed by atoms with E-state index in [2.05, 4.69) is 27.4 Å². The minimum Gasteiger partial charge on any atom is -0.311 e. The van der Waals surface area contributed by atoms with E-state index in [1.807, 2.05) is 13.1 Å². The number of aromatic nitrogens is 3. The van der Waals surface area contributed by atoms with E-state index < -0.39 is 0 Å². The maximum Gasteiger partial charge on any atom is 0.149 e. The largest absolute Gasteiger partial charge is 0.311 e. The number of halogens is 1. The number of nitrogens with one attached hydrogen (secondary N) is 1. The lowest BCUT2D eigenvalue weighted by Gasteiger charge is -2.08. The molecule has 0 radical (unpaired) electrons. The van der Waals surface area contributed by atoms with Crippen LogP contribution in [-0.2, 0) is 0 Å². The summed E-state index contributed by atoms with van der Waals surface area (Å²) in [6.45, 7) is 2.11. The van der Waals surface area contributed by atoms with Crippen LogP contribution in [0.15, 0.2) is 18.5 Å². The molecule has 2 heterocycles.